The van der Waals surface area contributed by atoms with E-state index in [9.17, 15) is 9.59 Å². The molecule has 1 aromatic heterocycles. The zero-order valence-corrected chi connectivity index (χ0v) is 9.87. The summed E-state index contributed by atoms with van der Waals surface area (Å²) in [6.07, 6.45) is 0.815. The Morgan fingerprint density at radius 1 is 1.47 bits per heavy atom. The van der Waals surface area contributed by atoms with E-state index in [0.717, 1.165) is 12.0 Å². The van der Waals surface area contributed by atoms with Gasteiger partial charge in [0.2, 0.25) is 5.91 Å². The van der Waals surface area contributed by atoms with Crippen molar-refractivity contribution in [1.82, 2.24) is 4.90 Å². The molecule has 82 valence electrons. The van der Waals surface area contributed by atoms with Crippen molar-refractivity contribution in [1.29, 1.82) is 0 Å². The monoisotopic (exact) mass is 226 g/mol. The molecule has 0 atom stereocenters. The normalized spacial score (nSPS) is 9.80. The third-order valence-corrected chi connectivity index (χ3v) is 2.88. The number of aldehydes is 1. The number of carbonyl (C=O) groups is 2. The lowest BCUT2D eigenvalue weighted by molar-refractivity contribution is -0.127. The highest BCUT2D eigenvalue weighted by atomic mass is 32.1. The fourth-order valence-electron chi connectivity index (χ4n) is 1.04. The minimum atomic E-state index is 0.0383. The second-order valence-corrected chi connectivity index (χ2v) is 4.41. The van der Waals surface area contributed by atoms with Crippen LogP contribution in [0.3, 0.4) is 0 Å². The Morgan fingerprint density at radius 2 is 2.13 bits per heavy atom. The maximum atomic E-state index is 11.4. The summed E-state index contributed by atoms with van der Waals surface area (Å²) in [6.45, 7) is 0.321. The van der Waals surface area contributed by atoms with E-state index in [1.54, 1.807) is 25.1 Å². The number of anilines is 1. The van der Waals surface area contributed by atoms with Crippen LogP contribution < -0.4 is 4.90 Å². The number of likely N-dealkylation sites (N-methyl/N-ethyl adjacent to an activating group) is 2. The predicted octanol–water partition coefficient (Wildman–Crippen LogP) is 1.08. The van der Waals surface area contributed by atoms with E-state index in [-0.39, 0.29) is 5.91 Å². The second kappa shape index (κ2) is 4.93. The van der Waals surface area contributed by atoms with Crippen molar-refractivity contribution in [3.8, 4) is 0 Å². The fraction of sp³-hybridized carbons (Fsp3) is 0.400. The van der Waals surface area contributed by atoms with Gasteiger partial charge in [0.25, 0.3) is 0 Å². The van der Waals surface area contributed by atoms with Crippen LogP contribution in [0.25, 0.3) is 0 Å². The zero-order chi connectivity index (χ0) is 11.4. The van der Waals surface area contributed by atoms with Gasteiger partial charge in [0.1, 0.15) is 0 Å². The molecule has 0 aliphatic heterocycles. The van der Waals surface area contributed by atoms with Gasteiger partial charge in [0, 0.05) is 32.2 Å². The lowest BCUT2D eigenvalue weighted by Gasteiger charge is -2.19. The van der Waals surface area contributed by atoms with E-state index in [4.69, 9.17) is 0 Å². The number of thiophene rings is 1. The van der Waals surface area contributed by atoms with Crippen molar-refractivity contribution in [2.24, 2.45) is 0 Å². The molecule has 0 aliphatic carbocycles. The molecule has 0 saturated carbocycles. The molecule has 1 aromatic rings. The molecule has 1 amide bonds. The summed E-state index contributed by atoms with van der Waals surface area (Å²) in [5.74, 6) is 0.0383. The summed E-state index contributed by atoms with van der Waals surface area (Å²) in [5, 5.41) is 1.87. The fourth-order valence-corrected chi connectivity index (χ4v) is 1.79. The number of rotatable bonds is 4. The molecule has 4 nitrogen and oxygen atoms in total. The Hall–Kier alpha value is -1.36. The highest BCUT2D eigenvalue weighted by molar-refractivity contribution is 7.12. The van der Waals surface area contributed by atoms with Gasteiger partial charge in [-0.05, 0) is 6.07 Å². The molecule has 0 spiro atoms. The first kappa shape index (κ1) is 11.7. The van der Waals surface area contributed by atoms with Crippen LogP contribution in [-0.2, 0) is 4.79 Å². The molecule has 0 radical (unpaired) electrons. The van der Waals surface area contributed by atoms with Crippen molar-refractivity contribution in [3.63, 3.8) is 0 Å². The van der Waals surface area contributed by atoms with Crippen molar-refractivity contribution in [2.45, 2.75) is 0 Å². The Balaban J connectivity index is 2.64. The average molecular weight is 226 g/mol. The molecule has 0 N–H and O–H groups in total. The number of hydrogen-bond acceptors (Lipinski definition) is 4. The van der Waals surface area contributed by atoms with Gasteiger partial charge in [-0.25, -0.2) is 0 Å². The lowest BCUT2D eigenvalue weighted by Crippen LogP contribution is -2.34. The molecule has 0 fully saturated rings. The molecule has 15 heavy (non-hydrogen) atoms. The van der Waals surface area contributed by atoms with Crippen LogP contribution >= 0.6 is 11.3 Å². The van der Waals surface area contributed by atoms with Crippen LogP contribution in [0.15, 0.2) is 11.4 Å². The molecule has 0 aliphatic rings. The van der Waals surface area contributed by atoms with Crippen molar-refractivity contribution >= 4 is 29.2 Å². The van der Waals surface area contributed by atoms with Crippen LogP contribution in [0.5, 0.6) is 0 Å². The largest absolute Gasteiger partial charge is 0.365 e. The number of carbonyl (C=O) groups excluding carboxylic acids is 2. The van der Waals surface area contributed by atoms with Crippen LogP contribution in [0, 0.1) is 0 Å². The number of nitrogens with zero attached hydrogens (tertiary/aromatic N) is 2. The van der Waals surface area contributed by atoms with E-state index in [0.29, 0.717) is 11.4 Å². The Kier molecular flexibility index (Phi) is 3.85. The van der Waals surface area contributed by atoms with Gasteiger partial charge in [0.15, 0.2) is 6.29 Å². The van der Waals surface area contributed by atoms with Crippen LogP contribution in [0.2, 0.25) is 0 Å². The van der Waals surface area contributed by atoms with Gasteiger partial charge in [-0.2, -0.15) is 0 Å². The zero-order valence-electron chi connectivity index (χ0n) is 9.06. The molecule has 0 saturated heterocycles. The molecule has 0 bridgehead atoms. The third kappa shape index (κ3) is 3.06. The molecule has 1 heterocycles. The standard InChI is InChI=1S/C10H14N2O2S/c1-11(2)10(14)5-12(3)8-4-9(6-13)15-7-8/h4,6-7H,5H2,1-3H3. The van der Waals surface area contributed by atoms with E-state index in [1.165, 1.54) is 11.3 Å². The average Bonchev–Trinajstić information content (AvgIpc) is 2.65. The maximum Gasteiger partial charge on any atom is 0.241 e. The van der Waals surface area contributed by atoms with E-state index < -0.39 is 0 Å². The summed E-state index contributed by atoms with van der Waals surface area (Å²) in [5.41, 5.74) is 0.900. The minimum absolute atomic E-state index is 0.0383. The summed E-state index contributed by atoms with van der Waals surface area (Å²) >= 11 is 1.38. The first-order valence-electron chi connectivity index (χ1n) is 4.49. The minimum Gasteiger partial charge on any atom is -0.365 e. The van der Waals surface area contributed by atoms with Gasteiger partial charge >= 0.3 is 0 Å². The van der Waals surface area contributed by atoms with Crippen LogP contribution in [0.4, 0.5) is 5.69 Å². The second-order valence-electron chi connectivity index (χ2n) is 3.47. The molecular formula is C10H14N2O2S. The summed E-state index contributed by atoms with van der Waals surface area (Å²) < 4.78 is 0. The van der Waals surface area contributed by atoms with Gasteiger partial charge in [-0.15, -0.1) is 11.3 Å². The van der Waals surface area contributed by atoms with Crippen molar-refractivity contribution in [3.05, 3.63) is 16.3 Å². The van der Waals surface area contributed by atoms with Crippen molar-refractivity contribution < 1.29 is 9.59 Å². The van der Waals surface area contributed by atoms with Gasteiger partial charge in [-0.1, -0.05) is 0 Å². The third-order valence-electron chi connectivity index (χ3n) is 2.03. The molecule has 0 aromatic carbocycles. The summed E-state index contributed by atoms with van der Waals surface area (Å²) in [4.78, 5) is 26.0. The van der Waals surface area contributed by atoms with Gasteiger partial charge < -0.3 is 9.80 Å². The van der Waals surface area contributed by atoms with E-state index >= 15 is 0 Å². The summed E-state index contributed by atoms with van der Waals surface area (Å²) in [6, 6.07) is 1.78. The molecule has 0 unspecified atom stereocenters. The Morgan fingerprint density at radius 3 is 2.60 bits per heavy atom. The molecular weight excluding hydrogens is 212 g/mol. The molecule has 1 rings (SSSR count). The SMILES string of the molecule is CN(C)C(=O)CN(C)c1csc(C=O)c1. The van der Waals surface area contributed by atoms with Gasteiger partial charge in [-0.3, -0.25) is 9.59 Å². The number of hydrogen-bond donors (Lipinski definition) is 0. The lowest BCUT2D eigenvalue weighted by atomic mass is 10.4. The van der Waals surface area contributed by atoms with Crippen LogP contribution in [-0.4, -0.2) is 44.8 Å². The predicted molar refractivity (Wildman–Crippen MR) is 61.7 cm³/mol. The Labute approximate surface area is 93.1 Å². The highest BCUT2D eigenvalue weighted by Crippen LogP contribution is 2.20. The Bertz CT molecular complexity index is 360. The smallest absolute Gasteiger partial charge is 0.241 e. The summed E-state index contributed by atoms with van der Waals surface area (Å²) in [7, 11) is 5.28. The highest BCUT2D eigenvalue weighted by Gasteiger charge is 2.10. The number of amides is 1. The van der Waals surface area contributed by atoms with Gasteiger partial charge in [0.05, 0.1) is 11.4 Å². The quantitative estimate of drug-likeness (QED) is 0.721. The van der Waals surface area contributed by atoms with Crippen molar-refractivity contribution in [2.75, 3.05) is 32.6 Å². The van der Waals surface area contributed by atoms with E-state index in [2.05, 4.69) is 0 Å². The van der Waals surface area contributed by atoms with E-state index in [1.807, 2.05) is 17.3 Å². The maximum absolute atomic E-state index is 11.4. The first-order valence-corrected chi connectivity index (χ1v) is 5.37. The molecule has 5 heteroatoms. The topological polar surface area (TPSA) is 40.6 Å². The van der Waals surface area contributed by atoms with Crippen LogP contribution in [0.1, 0.15) is 9.67 Å². The first-order chi connectivity index (χ1) is 7.04.